The Bertz CT molecular complexity index is 653. The number of benzene rings is 1. The summed E-state index contributed by atoms with van der Waals surface area (Å²) in [5.74, 6) is 0.549. The molecular formula is C13H15N3O5. The quantitative estimate of drug-likeness (QED) is 0.638. The molecule has 0 atom stereocenters. The maximum Gasteiger partial charge on any atom is 0.278 e. The first-order chi connectivity index (χ1) is 10.0. The minimum absolute atomic E-state index is 0.160. The average Bonchev–Trinajstić information content (AvgIpc) is 2.89. The second kappa shape index (κ2) is 6.23. The van der Waals surface area contributed by atoms with Gasteiger partial charge in [-0.25, -0.2) is 0 Å². The van der Waals surface area contributed by atoms with Gasteiger partial charge in [-0.05, 0) is 12.1 Å². The lowest BCUT2D eigenvalue weighted by Crippen LogP contribution is -2.02. The fourth-order valence-electron chi connectivity index (χ4n) is 1.85. The van der Waals surface area contributed by atoms with Crippen LogP contribution in [0.25, 0.3) is 0 Å². The highest BCUT2D eigenvalue weighted by Crippen LogP contribution is 2.35. The van der Waals surface area contributed by atoms with Crippen molar-refractivity contribution >= 4 is 5.69 Å². The van der Waals surface area contributed by atoms with Gasteiger partial charge in [-0.3, -0.25) is 14.8 Å². The van der Waals surface area contributed by atoms with Gasteiger partial charge in [0.1, 0.15) is 6.61 Å². The van der Waals surface area contributed by atoms with E-state index in [0.29, 0.717) is 11.4 Å². The molecule has 0 amide bonds. The molecule has 8 nitrogen and oxygen atoms in total. The van der Waals surface area contributed by atoms with Gasteiger partial charge in [0.25, 0.3) is 5.69 Å². The summed E-state index contributed by atoms with van der Waals surface area (Å²) < 4.78 is 12.3. The predicted octanol–water partition coefficient (Wildman–Crippen LogP) is 1.41. The molecule has 0 aliphatic heterocycles. The van der Waals surface area contributed by atoms with E-state index in [-0.39, 0.29) is 23.6 Å². The lowest BCUT2D eigenvalue weighted by Gasteiger charge is -2.11. The van der Waals surface area contributed by atoms with Gasteiger partial charge >= 0.3 is 0 Å². The molecule has 1 heterocycles. The van der Waals surface area contributed by atoms with Crippen molar-refractivity contribution in [1.29, 1.82) is 0 Å². The Kier molecular flexibility index (Phi) is 4.39. The van der Waals surface area contributed by atoms with Gasteiger partial charge in [-0.15, -0.1) is 0 Å². The third-order valence-electron chi connectivity index (χ3n) is 2.88. The van der Waals surface area contributed by atoms with E-state index in [9.17, 15) is 15.2 Å². The Balaban J connectivity index is 2.28. The molecule has 0 radical (unpaired) electrons. The Morgan fingerprint density at radius 3 is 2.71 bits per heavy atom. The van der Waals surface area contributed by atoms with Crippen molar-refractivity contribution < 1.29 is 19.5 Å². The number of aliphatic hydroxyl groups excluding tert-OH is 1. The topological polar surface area (TPSA) is 99.6 Å². The number of nitrogens with zero attached hydrogens (tertiary/aromatic N) is 3. The van der Waals surface area contributed by atoms with Crippen LogP contribution in [0.15, 0.2) is 24.4 Å². The zero-order valence-corrected chi connectivity index (χ0v) is 11.6. The molecule has 0 saturated heterocycles. The normalized spacial score (nSPS) is 10.4. The van der Waals surface area contributed by atoms with Gasteiger partial charge in [0.05, 0.1) is 36.0 Å². The zero-order chi connectivity index (χ0) is 15.4. The molecule has 0 unspecified atom stereocenters. The largest absolute Gasteiger partial charge is 0.493 e. The number of nitro benzene ring substituents is 1. The third-order valence-corrected chi connectivity index (χ3v) is 2.88. The summed E-state index contributed by atoms with van der Waals surface area (Å²) in [5, 5.41) is 24.3. The van der Waals surface area contributed by atoms with Gasteiger partial charge in [0.15, 0.2) is 11.5 Å². The number of ether oxygens (including phenoxy) is 2. The molecule has 1 N–H and O–H groups in total. The Labute approximate surface area is 120 Å². The minimum atomic E-state index is -0.571. The van der Waals surface area contributed by atoms with Gasteiger partial charge in [-0.1, -0.05) is 0 Å². The Morgan fingerprint density at radius 1 is 1.43 bits per heavy atom. The van der Waals surface area contributed by atoms with Gasteiger partial charge in [-0.2, -0.15) is 5.10 Å². The molecular weight excluding hydrogens is 278 g/mol. The summed E-state index contributed by atoms with van der Waals surface area (Å²) >= 11 is 0. The van der Waals surface area contributed by atoms with Crippen molar-refractivity contribution in [3.05, 3.63) is 45.8 Å². The SMILES string of the molecule is COc1cc(CO)c([N+](=O)[O-])cc1OCc1ccn(C)n1. The molecule has 0 fully saturated rings. The molecule has 2 aromatic rings. The van der Waals surface area contributed by atoms with Crippen LogP contribution < -0.4 is 9.47 Å². The van der Waals surface area contributed by atoms with Crippen LogP contribution >= 0.6 is 0 Å². The molecule has 2 rings (SSSR count). The van der Waals surface area contributed by atoms with Crippen LogP contribution in [0, 0.1) is 10.1 Å². The Morgan fingerprint density at radius 2 is 2.19 bits per heavy atom. The van der Waals surface area contributed by atoms with Crippen LogP contribution in [-0.4, -0.2) is 26.9 Å². The highest BCUT2D eigenvalue weighted by atomic mass is 16.6. The van der Waals surface area contributed by atoms with E-state index in [1.165, 1.54) is 19.2 Å². The lowest BCUT2D eigenvalue weighted by molar-refractivity contribution is -0.386. The second-order valence-corrected chi connectivity index (χ2v) is 4.32. The number of hydrogen-bond donors (Lipinski definition) is 1. The van der Waals surface area contributed by atoms with E-state index in [2.05, 4.69) is 5.10 Å². The monoisotopic (exact) mass is 293 g/mol. The maximum absolute atomic E-state index is 11.0. The molecule has 0 bridgehead atoms. The minimum Gasteiger partial charge on any atom is -0.493 e. The highest BCUT2D eigenvalue weighted by Gasteiger charge is 2.19. The molecule has 1 aromatic heterocycles. The summed E-state index contributed by atoms with van der Waals surface area (Å²) in [7, 11) is 3.21. The first-order valence-electron chi connectivity index (χ1n) is 6.12. The number of rotatable bonds is 6. The molecule has 1 aromatic carbocycles. The van der Waals surface area contributed by atoms with Crippen LogP contribution in [0.5, 0.6) is 11.5 Å². The van der Waals surface area contributed by atoms with Gasteiger partial charge in [0, 0.05) is 13.2 Å². The number of aryl methyl sites for hydroxylation is 1. The highest BCUT2D eigenvalue weighted by molar-refractivity contribution is 5.54. The maximum atomic E-state index is 11.0. The van der Waals surface area contributed by atoms with Crippen molar-refractivity contribution in [2.45, 2.75) is 13.2 Å². The number of aromatic nitrogens is 2. The van der Waals surface area contributed by atoms with E-state index >= 15 is 0 Å². The van der Waals surface area contributed by atoms with Crippen molar-refractivity contribution in [1.82, 2.24) is 9.78 Å². The van der Waals surface area contributed by atoms with Crippen molar-refractivity contribution in [3.8, 4) is 11.5 Å². The summed E-state index contributed by atoms with van der Waals surface area (Å²) in [6.07, 6.45) is 1.77. The van der Waals surface area contributed by atoms with E-state index in [1.807, 2.05) is 0 Å². The van der Waals surface area contributed by atoms with Gasteiger partial charge in [0.2, 0.25) is 0 Å². The van der Waals surface area contributed by atoms with E-state index < -0.39 is 11.5 Å². The predicted molar refractivity (Wildman–Crippen MR) is 73.1 cm³/mol. The molecule has 112 valence electrons. The van der Waals surface area contributed by atoms with Crippen LogP contribution in [0.4, 0.5) is 5.69 Å². The van der Waals surface area contributed by atoms with E-state index in [0.717, 1.165) is 0 Å². The average molecular weight is 293 g/mol. The van der Waals surface area contributed by atoms with E-state index in [4.69, 9.17) is 9.47 Å². The fourth-order valence-corrected chi connectivity index (χ4v) is 1.85. The molecule has 0 saturated carbocycles. The van der Waals surface area contributed by atoms with Gasteiger partial charge < -0.3 is 14.6 Å². The molecule has 8 heteroatoms. The number of hydrogen-bond acceptors (Lipinski definition) is 6. The van der Waals surface area contributed by atoms with E-state index in [1.54, 1.807) is 24.0 Å². The number of methoxy groups -OCH3 is 1. The van der Waals surface area contributed by atoms with Crippen LogP contribution in [-0.2, 0) is 20.3 Å². The molecule has 0 spiro atoms. The number of aliphatic hydroxyl groups is 1. The zero-order valence-electron chi connectivity index (χ0n) is 11.6. The smallest absolute Gasteiger partial charge is 0.278 e. The number of nitro groups is 1. The fraction of sp³-hybridized carbons (Fsp3) is 0.308. The molecule has 21 heavy (non-hydrogen) atoms. The molecule has 0 aliphatic carbocycles. The van der Waals surface area contributed by atoms with Crippen molar-refractivity contribution in [2.24, 2.45) is 7.05 Å². The van der Waals surface area contributed by atoms with Crippen LogP contribution in [0.1, 0.15) is 11.3 Å². The standard InChI is InChI=1S/C13H15N3O5/c1-15-4-3-10(14-15)8-21-13-6-11(16(18)19)9(7-17)5-12(13)20-2/h3-6,17H,7-8H2,1-2H3. The summed E-state index contributed by atoms with van der Waals surface area (Å²) in [6, 6.07) is 4.42. The molecule has 0 aliphatic rings. The summed E-state index contributed by atoms with van der Waals surface area (Å²) in [5.41, 5.74) is 0.643. The van der Waals surface area contributed by atoms with Crippen molar-refractivity contribution in [2.75, 3.05) is 7.11 Å². The lowest BCUT2D eigenvalue weighted by atomic mass is 10.1. The summed E-state index contributed by atoms with van der Waals surface area (Å²) in [6.45, 7) is -0.292. The Hall–Kier alpha value is -2.61. The third kappa shape index (κ3) is 3.29. The summed E-state index contributed by atoms with van der Waals surface area (Å²) in [4.78, 5) is 10.4. The van der Waals surface area contributed by atoms with Crippen molar-refractivity contribution in [3.63, 3.8) is 0 Å². The first-order valence-corrected chi connectivity index (χ1v) is 6.12. The first kappa shape index (κ1) is 14.8. The van der Waals surface area contributed by atoms with Crippen LogP contribution in [0.2, 0.25) is 0 Å². The van der Waals surface area contributed by atoms with Crippen LogP contribution in [0.3, 0.4) is 0 Å². The second-order valence-electron chi connectivity index (χ2n) is 4.32.